The molecule has 2 N–H and O–H groups in total. The summed E-state index contributed by atoms with van der Waals surface area (Å²) in [6.45, 7) is 4.84. The lowest BCUT2D eigenvalue weighted by Crippen LogP contribution is -2.39. The van der Waals surface area contributed by atoms with Gasteiger partial charge in [-0.3, -0.25) is 9.59 Å². The molecular weight excluding hydrogens is 465 g/mol. The average molecular weight is 500 g/mol. The van der Waals surface area contributed by atoms with Gasteiger partial charge in [-0.25, -0.2) is 4.39 Å². The minimum Gasteiger partial charge on any atom is -0.493 e. The van der Waals surface area contributed by atoms with Crippen LogP contribution in [-0.2, 0) is 9.59 Å². The van der Waals surface area contributed by atoms with E-state index in [1.165, 1.54) is 24.3 Å². The third-order valence-corrected chi connectivity index (χ3v) is 7.71. The number of carboxylic acids is 1. The molecule has 1 amide bonds. The number of nitrogens with zero attached hydrogens (tertiary/aromatic N) is 1. The first-order valence-corrected chi connectivity index (χ1v) is 12.4. The van der Waals surface area contributed by atoms with Crippen LogP contribution in [0.4, 0.5) is 4.39 Å². The van der Waals surface area contributed by atoms with Crippen molar-refractivity contribution in [2.24, 2.45) is 11.3 Å². The molecule has 4 atom stereocenters. The van der Waals surface area contributed by atoms with Crippen LogP contribution >= 0.6 is 0 Å². The van der Waals surface area contributed by atoms with E-state index in [1.807, 2.05) is 25.1 Å². The van der Waals surface area contributed by atoms with Gasteiger partial charge in [-0.1, -0.05) is 25.1 Å². The molecule has 4 rings (SSSR count). The molecule has 2 fully saturated rings. The molecule has 2 aliphatic rings. The molecule has 1 heterocycles. The molecule has 194 valence electrons. The number of amides is 1. The fourth-order valence-electron chi connectivity index (χ4n) is 5.05. The second kappa shape index (κ2) is 10.5. The van der Waals surface area contributed by atoms with Gasteiger partial charge in [0.1, 0.15) is 5.82 Å². The number of carbonyl (C=O) groups excluding carboxylic acids is 1. The van der Waals surface area contributed by atoms with Crippen molar-refractivity contribution in [3.8, 4) is 11.5 Å². The number of benzene rings is 2. The van der Waals surface area contributed by atoms with E-state index in [0.29, 0.717) is 36.1 Å². The fourth-order valence-corrected chi connectivity index (χ4v) is 5.05. The molecular formula is C28H34FNO6. The lowest BCUT2D eigenvalue weighted by Gasteiger charge is -2.34. The zero-order valence-electron chi connectivity index (χ0n) is 20.9. The first-order valence-electron chi connectivity index (χ1n) is 12.4. The Morgan fingerprint density at radius 3 is 2.44 bits per heavy atom. The van der Waals surface area contributed by atoms with Crippen molar-refractivity contribution in [3.63, 3.8) is 0 Å². The summed E-state index contributed by atoms with van der Waals surface area (Å²) in [5.74, 6) is -1.25. The van der Waals surface area contributed by atoms with Gasteiger partial charge in [0.05, 0.1) is 32.2 Å². The largest absolute Gasteiger partial charge is 0.493 e. The highest BCUT2D eigenvalue weighted by molar-refractivity contribution is 5.88. The van der Waals surface area contributed by atoms with Gasteiger partial charge in [0, 0.05) is 24.4 Å². The summed E-state index contributed by atoms with van der Waals surface area (Å²) in [5, 5.41) is 20.3. The molecule has 2 aromatic rings. The topological polar surface area (TPSA) is 96.3 Å². The van der Waals surface area contributed by atoms with Crippen molar-refractivity contribution >= 4 is 11.9 Å². The highest BCUT2D eigenvalue weighted by atomic mass is 19.1. The van der Waals surface area contributed by atoms with Crippen LogP contribution in [0, 0.1) is 17.2 Å². The summed E-state index contributed by atoms with van der Waals surface area (Å²) >= 11 is 0. The molecule has 1 saturated carbocycles. The summed E-state index contributed by atoms with van der Waals surface area (Å²) in [6.07, 6.45) is 1.18. The summed E-state index contributed by atoms with van der Waals surface area (Å²) in [4.78, 5) is 26.9. The van der Waals surface area contributed by atoms with E-state index in [9.17, 15) is 24.2 Å². The molecule has 36 heavy (non-hydrogen) atoms. The second-order valence-corrected chi connectivity index (χ2v) is 10.3. The normalized spacial score (nSPS) is 23.2. The molecule has 0 aromatic heterocycles. The summed E-state index contributed by atoms with van der Waals surface area (Å²) in [6, 6.07) is 11.1. The Kier molecular flexibility index (Phi) is 7.54. The van der Waals surface area contributed by atoms with Crippen molar-refractivity contribution in [2.75, 3.05) is 26.8 Å². The maximum Gasteiger partial charge on any atom is 0.304 e. The van der Waals surface area contributed by atoms with E-state index >= 15 is 0 Å². The van der Waals surface area contributed by atoms with Gasteiger partial charge in [-0.2, -0.15) is 0 Å². The number of carboxylic acid groups (broad SMARTS) is 1. The Bertz CT molecular complexity index is 1100. The maximum atomic E-state index is 13.6. The summed E-state index contributed by atoms with van der Waals surface area (Å²) in [5.41, 5.74) is 0.692. The Balaban J connectivity index is 1.63. The zero-order chi connectivity index (χ0) is 26.0. The van der Waals surface area contributed by atoms with Crippen molar-refractivity contribution in [2.45, 2.75) is 51.0 Å². The van der Waals surface area contributed by atoms with Crippen molar-refractivity contribution in [1.82, 2.24) is 4.90 Å². The van der Waals surface area contributed by atoms with Crippen LogP contribution in [0.3, 0.4) is 0 Å². The second-order valence-electron chi connectivity index (χ2n) is 10.3. The maximum absolute atomic E-state index is 13.6. The molecule has 0 radical (unpaired) electrons. The number of hydrogen-bond donors (Lipinski definition) is 2. The van der Waals surface area contributed by atoms with Gasteiger partial charge in [-0.15, -0.1) is 0 Å². The molecule has 8 heteroatoms. The number of likely N-dealkylation sites (tertiary alicyclic amines) is 1. The van der Waals surface area contributed by atoms with E-state index in [4.69, 9.17) is 9.47 Å². The number of methoxy groups -OCH3 is 1. The SMILES string of the molecule is COc1ccc([C@@H]2CN(C(=O)C(CC(=O)O)c3ccc(F)cc3)C[C@@]2(C)[C@@H](C)O)cc1OCC1CC1. The number of aliphatic hydroxyl groups is 1. The van der Waals surface area contributed by atoms with Gasteiger partial charge in [0.15, 0.2) is 11.5 Å². The summed E-state index contributed by atoms with van der Waals surface area (Å²) < 4.78 is 25.0. The number of hydrogen-bond acceptors (Lipinski definition) is 5. The number of aliphatic carboxylic acids is 1. The van der Waals surface area contributed by atoms with E-state index in [-0.39, 0.29) is 18.4 Å². The third kappa shape index (κ3) is 5.48. The standard InChI is InChI=1S/C28H34FNO6/c1-17(31)28(2)16-30(27(34)22(13-26(32)33)19-6-9-21(29)10-7-19)14-23(28)20-8-11-24(35-3)25(12-20)36-15-18-4-5-18/h6-12,17-18,22-23,31H,4-5,13-16H2,1-3H3,(H,32,33)/t17-,22?,23+,28+/m1/s1. The molecule has 0 spiro atoms. The van der Waals surface area contributed by atoms with Gasteiger partial charge in [-0.05, 0) is 61.1 Å². The molecule has 7 nitrogen and oxygen atoms in total. The fraction of sp³-hybridized carbons (Fsp3) is 0.500. The number of carbonyl (C=O) groups is 2. The average Bonchev–Trinajstić information content (AvgIpc) is 3.61. The van der Waals surface area contributed by atoms with Crippen LogP contribution in [0.15, 0.2) is 42.5 Å². The molecule has 2 aromatic carbocycles. The van der Waals surface area contributed by atoms with Gasteiger partial charge in [0.2, 0.25) is 5.91 Å². The first-order chi connectivity index (χ1) is 17.1. The molecule has 1 aliphatic heterocycles. The van der Waals surface area contributed by atoms with Crippen molar-refractivity contribution in [3.05, 3.63) is 59.4 Å². The summed E-state index contributed by atoms with van der Waals surface area (Å²) in [7, 11) is 1.59. The Hall–Kier alpha value is -3.13. The highest BCUT2D eigenvalue weighted by Crippen LogP contribution is 2.47. The number of rotatable bonds is 10. The minimum atomic E-state index is -1.11. The lowest BCUT2D eigenvalue weighted by atomic mass is 9.72. The monoisotopic (exact) mass is 499 g/mol. The van der Waals surface area contributed by atoms with Crippen LogP contribution in [0.5, 0.6) is 11.5 Å². The van der Waals surface area contributed by atoms with Gasteiger partial charge >= 0.3 is 5.97 Å². The molecule has 0 bridgehead atoms. The predicted octanol–water partition coefficient (Wildman–Crippen LogP) is 4.19. The third-order valence-electron chi connectivity index (χ3n) is 7.71. The van der Waals surface area contributed by atoms with E-state index < -0.39 is 35.6 Å². The van der Waals surface area contributed by atoms with Crippen LogP contribution < -0.4 is 9.47 Å². The van der Waals surface area contributed by atoms with E-state index in [0.717, 1.165) is 18.4 Å². The Morgan fingerprint density at radius 2 is 1.86 bits per heavy atom. The smallest absolute Gasteiger partial charge is 0.304 e. The Labute approximate surface area is 210 Å². The van der Waals surface area contributed by atoms with Crippen molar-refractivity contribution < 1.29 is 33.7 Å². The van der Waals surface area contributed by atoms with Crippen LogP contribution in [-0.4, -0.2) is 59.9 Å². The predicted molar refractivity (Wildman–Crippen MR) is 132 cm³/mol. The number of halogens is 1. The van der Waals surface area contributed by atoms with Gasteiger partial charge < -0.3 is 24.6 Å². The van der Waals surface area contributed by atoms with Gasteiger partial charge in [0.25, 0.3) is 0 Å². The minimum absolute atomic E-state index is 0.214. The van der Waals surface area contributed by atoms with E-state index in [1.54, 1.807) is 18.9 Å². The number of ether oxygens (including phenoxy) is 2. The molecule has 1 unspecified atom stereocenters. The van der Waals surface area contributed by atoms with Crippen LogP contribution in [0.25, 0.3) is 0 Å². The molecule has 1 aliphatic carbocycles. The quantitative estimate of drug-likeness (QED) is 0.509. The van der Waals surface area contributed by atoms with E-state index in [2.05, 4.69) is 0 Å². The Morgan fingerprint density at radius 1 is 1.17 bits per heavy atom. The zero-order valence-corrected chi connectivity index (χ0v) is 20.9. The van der Waals surface area contributed by atoms with Crippen LogP contribution in [0.1, 0.15) is 56.1 Å². The van der Waals surface area contributed by atoms with Crippen LogP contribution in [0.2, 0.25) is 0 Å². The lowest BCUT2D eigenvalue weighted by molar-refractivity contribution is -0.142. The van der Waals surface area contributed by atoms with Crippen molar-refractivity contribution in [1.29, 1.82) is 0 Å². The first kappa shape index (κ1) is 25.9. The highest BCUT2D eigenvalue weighted by Gasteiger charge is 2.49. The molecule has 1 saturated heterocycles. The number of aliphatic hydroxyl groups excluding tert-OH is 1.